The van der Waals surface area contributed by atoms with Gasteiger partial charge in [-0.2, -0.15) is 0 Å². The van der Waals surface area contributed by atoms with Gasteiger partial charge in [0.25, 0.3) is 0 Å². The van der Waals surface area contributed by atoms with Crippen LogP contribution in [0.4, 0.5) is 0 Å². The van der Waals surface area contributed by atoms with E-state index in [4.69, 9.17) is 9.72 Å². The first-order valence-electron chi connectivity index (χ1n) is 8.10. The Balaban J connectivity index is 1.57. The van der Waals surface area contributed by atoms with Gasteiger partial charge in [-0.25, -0.2) is 4.98 Å². The Kier molecular flexibility index (Phi) is 3.41. The lowest BCUT2D eigenvalue weighted by Gasteiger charge is -2.37. The standard InChI is InChI=1S/C20H20N2O/c1-2-20(11-6-12-20)19-21-17-10-9-16(13-18(17)22-19)23-14-15-7-4-3-5-8-15/h2-5,7-10,13H,1,6,11-12,14H2,(H,21,22). The highest BCUT2D eigenvalue weighted by Gasteiger charge is 2.38. The molecule has 0 bridgehead atoms. The smallest absolute Gasteiger partial charge is 0.122 e. The van der Waals surface area contributed by atoms with Crippen LogP contribution in [0, 0.1) is 0 Å². The molecule has 3 nitrogen and oxygen atoms in total. The van der Waals surface area contributed by atoms with Crippen molar-refractivity contribution in [2.45, 2.75) is 31.3 Å². The predicted octanol–water partition coefficient (Wildman–Crippen LogP) is 4.75. The molecule has 2 aromatic carbocycles. The van der Waals surface area contributed by atoms with Crippen molar-refractivity contribution in [2.24, 2.45) is 0 Å². The second-order valence-electron chi connectivity index (χ2n) is 6.25. The summed E-state index contributed by atoms with van der Waals surface area (Å²) < 4.78 is 5.89. The summed E-state index contributed by atoms with van der Waals surface area (Å²) in [6.07, 6.45) is 5.55. The summed E-state index contributed by atoms with van der Waals surface area (Å²) in [5, 5.41) is 0. The molecule has 1 heterocycles. The highest BCUT2D eigenvalue weighted by molar-refractivity contribution is 5.77. The molecule has 1 aliphatic carbocycles. The van der Waals surface area contributed by atoms with Gasteiger partial charge < -0.3 is 9.72 Å². The van der Waals surface area contributed by atoms with E-state index in [1.165, 1.54) is 6.42 Å². The van der Waals surface area contributed by atoms with Crippen molar-refractivity contribution in [1.29, 1.82) is 0 Å². The zero-order valence-corrected chi connectivity index (χ0v) is 13.1. The number of aromatic nitrogens is 2. The molecule has 0 aliphatic heterocycles. The number of ether oxygens (including phenoxy) is 1. The van der Waals surface area contributed by atoms with Crippen LogP contribution < -0.4 is 4.74 Å². The summed E-state index contributed by atoms with van der Waals surface area (Å²) in [5.41, 5.74) is 3.22. The SMILES string of the molecule is C=CC1(c2nc3ccc(OCc4ccccc4)cc3[nH]2)CCC1. The van der Waals surface area contributed by atoms with Crippen LogP contribution in [0.25, 0.3) is 11.0 Å². The summed E-state index contributed by atoms with van der Waals surface area (Å²) in [4.78, 5) is 8.22. The molecule has 0 radical (unpaired) electrons. The first-order chi connectivity index (χ1) is 11.3. The van der Waals surface area contributed by atoms with E-state index in [0.717, 1.165) is 41.0 Å². The molecule has 23 heavy (non-hydrogen) atoms. The summed E-state index contributed by atoms with van der Waals surface area (Å²) in [7, 11) is 0. The third-order valence-corrected chi connectivity index (χ3v) is 4.81. The number of hydrogen-bond donors (Lipinski definition) is 1. The maximum atomic E-state index is 5.89. The predicted molar refractivity (Wildman–Crippen MR) is 92.6 cm³/mol. The van der Waals surface area contributed by atoms with Gasteiger partial charge in [-0.15, -0.1) is 6.58 Å². The van der Waals surface area contributed by atoms with Crippen LogP contribution in [0.3, 0.4) is 0 Å². The molecule has 1 aliphatic rings. The van der Waals surface area contributed by atoms with E-state index in [1.54, 1.807) is 0 Å². The maximum Gasteiger partial charge on any atom is 0.122 e. The minimum Gasteiger partial charge on any atom is -0.489 e. The lowest BCUT2D eigenvalue weighted by molar-refractivity contribution is 0.300. The number of allylic oxidation sites excluding steroid dienone is 1. The monoisotopic (exact) mass is 304 g/mol. The molecule has 0 amide bonds. The molecule has 0 unspecified atom stereocenters. The van der Waals surface area contributed by atoms with Crippen molar-refractivity contribution in [3.63, 3.8) is 0 Å². The molecular formula is C20H20N2O. The average Bonchev–Trinajstić information content (AvgIpc) is 2.96. The molecule has 0 spiro atoms. The first kappa shape index (κ1) is 14.1. The number of imidazole rings is 1. The first-order valence-corrected chi connectivity index (χ1v) is 8.10. The number of aromatic amines is 1. The van der Waals surface area contributed by atoms with Gasteiger partial charge in [-0.3, -0.25) is 0 Å². The molecule has 116 valence electrons. The molecule has 3 aromatic rings. The van der Waals surface area contributed by atoms with Crippen molar-refractivity contribution in [3.05, 3.63) is 72.6 Å². The highest BCUT2D eigenvalue weighted by atomic mass is 16.5. The van der Waals surface area contributed by atoms with Gasteiger partial charge in [0, 0.05) is 11.5 Å². The molecular weight excluding hydrogens is 284 g/mol. The van der Waals surface area contributed by atoms with E-state index in [9.17, 15) is 0 Å². The summed E-state index contributed by atoms with van der Waals surface area (Å²) >= 11 is 0. The zero-order chi connectivity index (χ0) is 15.7. The van der Waals surface area contributed by atoms with Gasteiger partial charge in [0.1, 0.15) is 18.2 Å². The second kappa shape index (κ2) is 5.58. The Hall–Kier alpha value is -2.55. The van der Waals surface area contributed by atoms with Crippen molar-refractivity contribution in [1.82, 2.24) is 9.97 Å². The molecule has 1 saturated carbocycles. The second-order valence-corrected chi connectivity index (χ2v) is 6.25. The van der Waals surface area contributed by atoms with Crippen LogP contribution in [-0.2, 0) is 12.0 Å². The molecule has 1 fully saturated rings. The Morgan fingerprint density at radius 3 is 2.70 bits per heavy atom. The van der Waals surface area contributed by atoms with E-state index in [2.05, 4.69) is 23.7 Å². The quantitative estimate of drug-likeness (QED) is 0.691. The van der Waals surface area contributed by atoms with E-state index in [1.807, 2.05) is 42.5 Å². The Morgan fingerprint density at radius 1 is 1.17 bits per heavy atom. The third-order valence-electron chi connectivity index (χ3n) is 4.81. The molecule has 4 rings (SSSR count). The van der Waals surface area contributed by atoms with Crippen LogP contribution in [0.15, 0.2) is 61.2 Å². The van der Waals surface area contributed by atoms with E-state index in [-0.39, 0.29) is 5.41 Å². The third kappa shape index (κ3) is 2.52. The Morgan fingerprint density at radius 2 is 2.00 bits per heavy atom. The summed E-state index contributed by atoms with van der Waals surface area (Å²) in [6.45, 7) is 4.57. The average molecular weight is 304 g/mol. The minimum atomic E-state index is 0.0457. The van der Waals surface area contributed by atoms with Gasteiger partial charge in [0.15, 0.2) is 0 Å². The molecule has 0 atom stereocenters. The topological polar surface area (TPSA) is 37.9 Å². The number of hydrogen-bond acceptors (Lipinski definition) is 2. The number of nitrogens with one attached hydrogen (secondary N) is 1. The Bertz CT molecular complexity index is 831. The van der Waals surface area contributed by atoms with Gasteiger partial charge >= 0.3 is 0 Å². The fraction of sp³-hybridized carbons (Fsp3) is 0.250. The van der Waals surface area contributed by atoms with E-state index < -0.39 is 0 Å². The van der Waals surface area contributed by atoms with Crippen LogP contribution in [0.5, 0.6) is 5.75 Å². The maximum absolute atomic E-state index is 5.89. The number of nitrogens with zero attached hydrogens (tertiary/aromatic N) is 1. The Labute approximate surface area is 136 Å². The number of fused-ring (bicyclic) bond motifs is 1. The number of benzene rings is 2. The number of rotatable bonds is 5. The van der Waals surface area contributed by atoms with Crippen LogP contribution in [0.2, 0.25) is 0 Å². The van der Waals surface area contributed by atoms with E-state index in [0.29, 0.717) is 6.61 Å². The van der Waals surface area contributed by atoms with Gasteiger partial charge in [-0.1, -0.05) is 42.8 Å². The zero-order valence-electron chi connectivity index (χ0n) is 13.1. The van der Waals surface area contributed by atoms with Gasteiger partial charge in [0.2, 0.25) is 0 Å². The molecule has 3 heteroatoms. The molecule has 1 N–H and O–H groups in total. The van der Waals surface area contributed by atoms with Gasteiger partial charge in [-0.05, 0) is 30.5 Å². The van der Waals surface area contributed by atoms with Crippen LogP contribution >= 0.6 is 0 Å². The normalized spacial score (nSPS) is 16.0. The molecule has 1 aromatic heterocycles. The van der Waals surface area contributed by atoms with Crippen molar-refractivity contribution in [2.75, 3.05) is 0 Å². The summed E-state index contributed by atoms with van der Waals surface area (Å²) in [5.74, 6) is 1.90. The van der Waals surface area contributed by atoms with Crippen LogP contribution in [-0.4, -0.2) is 9.97 Å². The van der Waals surface area contributed by atoms with Crippen LogP contribution in [0.1, 0.15) is 30.7 Å². The largest absolute Gasteiger partial charge is 0.489 e. The van der Waals surface area contributed by atoms with Gasteiger partial charge in [0.05, 0.1) is 11.0 Å². The lowest BCUT2D eigenvalue weighted by atomic mass is 9.68. The van der Waals surface area contributed by atoms with Crippen molar-refractivity contribution < 1.29 is 4.74 Å². The van der Waals surface area contributed by atoms with Crippen molar-refractivity contribution in [3.8, 4) is 5.75 Å². The van der Waals surface area contributed by atoms with E-state index >= 15 is 0 Å². The fourth-order valence-electron chi connectivity index (χ4n) is 3.15. The lowest BCUT2D eigenvalue weighted by Crippen LogP contribution is -2.32. The summed E-state index contributed by atoms with van der Waals surface area (Å²) in [6, 6.07) is 16.2. The molecule has 0 saturated heterocycles. The van der Waals surface area contributed by atoms with Crippen molar-refractivity contribution >= 4 is 11.0 Å². The highest BCUT2D eigenvalue weighted by Crippen LogP contribution is 2.43. The fourth-order valence-corrected chi connectivity index (χ4v) is 3.15. The minimum absolute atomic E-state index is 0.0457. The number of H-pyrrole nitrogens is 1.